The van der Waals surface area contributed by atoms with E-state index < -0.39 is 0 Å². The van der Waals surface area contributed by atoms with Gasteiger partial charge in [0.25, 0.3) is 0 Å². The monoisotopic (exact) mass is 472 g/mol. The lowest BCUT2D eigenvalue weighted by atomic mass is 9.64. The lowest BCUT2D eigenvalue weighted by molar-refractivity contribution is -0.178. The Labute approximate surface area is 203 Å². The van der Waals surface area contributed by atoms with Crippen LogP contribution in [0.1, 0.15) is 58.9 Å². The van der Waals surface area contributed by atoms with E-state index in [0.717, 1.165) is 43.6 Å². The number of carbonyl (C=O) groups is 1. The summed E-state index contributed by atoms with van der Waals surface area (Å²) in [6.07, 6.45) is 6.77. The Balaban J connectivity index is 1.49. The van der Waals surface area contributed by atoms with Gasteiger partial charge in [-0.15, -0.1) is 0 Å². The van der Waals surface area contributed by atoms with E-state index in [1.54, 1.807) is 20.3 Å². The van der Waals surface area contributed by atoms with E-state index >= 15 is 0 Å². The van der Waals surface area contributed by atoms with Crippen LogP contribution in [0.3, 0.4) is 0 Å². The minimum absolute atomic E-state index is 0.0355. The van der Waals surface area contributed by atoms with Crippen molar-refractivity contribution in [2.45, 2.75) is 82.9 Å². The lowest BCUT2D eigenvalue weighted by Gasteiger charge is -2.46. The largest absolute Gasteiger partial charge is 0.497 e. The molecule has 1 saturated carbocycles. The van der Waals surface area contributed by atoms with Gasteiger partial charge in [0.15, 0.2) is 0 Å². The average molecular weight is 473 g/mol. The molecule has 6 nitrogen and oxygen atoms in total. The van der Waals surface area contributed by atoms with Crippen molar-refractivity contribution in [3.8, 4) is 5.75 Å². The van der Waals surface area contributed by atoms with E-state index in [2.05, 4.69) is 27.7 Å². The molecule has 7 atom stereocenters. The minimum Gasteiger partial charge on any atom is -0.497 e. The standard InChI is InChI=1S/C28H40O6/c1-7-20-16-28(17-32-28)26(27(4)22(34-27)14-8-18(2)3)25(31-6)24(20)33-23(29)15-11-19-9-12-21(30-5)13-10-19/h9-13,15,18,20,22,24-26H,7-8,14,16-17H2,1-6H3/t20?,22-,24?,25?,26?,27+,28?/m1/s1. The van der Waals surface area contributed by atoms with Gasteiger partial charge in [0, 0.05) is 19.1 Å². The van der Waals surface area contributed by atoms with Crippen molar-refractivity contribution < 1.29 is 28.5 Å². The van der Waals surface area contributed by atoms with Crippen LogP contribution in [0.25, 0.3) is 6.08 Å². The second kappa shape index (κ2) is 10.00. The summed E-state index contributed by atoms with van der Waals surface area (Å²) in [5.41, 5.74) is 0.366. The quantitative estimate of drug-likeness (QED) is 0.270. The minimum atomic E-state index is -0.356. The molecule has 0 bridgehead atoms. The Kier molecular flexibility index (Phi) is 7.41. The summed E-state index contributed by atoms with van der Waals surface area (Å²) in [6, 6.07) is 7.55. The van der Waals surface area contributed by atoms with Crippen LogP contribution < -0.4 is 4.74 Å². The molecule has 1 aromatic rings. The van der Waals surface area contributed by atoms with E-state index in [1.807, 2.05) is 24.3 Å². The molecule has 6 heteroatoms. The number of carbonyl (C=O) groups excluding carboxylic acids is 1. The summed E-state index contributed by atoms with van der Waals surface area (Å²) < 4.78 is 29.8. The van der Waals surface area contributed by atoms with Crippen LogP contribution in [-0.4, -0.2) is 56.3 Å². The van der Waals surface area contributed by atoms with Gasteiger partial charge in [-0.3, -0.25) is 0 Å². The average Bonchev–Trinajstić information content (AvgIpc) is 3.74. The summed E-state index contributed by atoms with van der Waals surface area (Å²) in [6.45, 7) is 9.53. The molecule has 34 heavy (non-hydrogen) atoms. The molecule has 0 radical (unpaired) electrons. The first kappa shape index (κ1) is 25.2. The molecule has 4 rings (SSSR count). The molecule has 2 aliphatic heterocycles. The van der Waals surface area contributed by atoms with Gasteiger partial charge in [0.1, 0.15) is 29.2 Å². The van der Waals surface area contributed by atoms with E-state index in [-0.39, 0.29) is 47.3 Å². The smallest absolute Gasteiger partial charge is 0.331 e. The van der Waals surface area contributed by atoms with E-state index in [0.29, 0.717) is 5.92 Å². The topological polar surface area (TPSA) is 69.8 Å². The zero-order valence-corrected chi connectivity index (χ0v) is 21.4. The Morgan fingerprint density at radius 1 is 1.21 bits per heavy atom. The first-order chi connectivity index (χ1) is 16.3. The van der Waals surface area contributed by atoms with Crippen molar-refractivity contribution in [3.63, 3.8) is 0 Å². The van der Waals surface area contributed by atoms with Gasteiger partial charge < -0.3 is 23.7 Å². The van der Waals surface area contributed by atoms with Crippen molar-refractivity contribution in [3.05, 3.63) is 35.9 Å². The predicted octanol–water partition coefficient (Wildman–Crippen LogP) is 5.04. The van der Waals surface area contributed by atoms with Crippen LogP contribution in [-0.2, 0) is 23.7 Å². The number of hydrogen-bond acceptors (Lipinski definition) is 6. The molecule has 3 aliphatic rings. The Morgan fingerprint density at radius 2 is 1.91 bits per heavy atom. The lowest BCUT2D eigenvalue weighted by Crippen LogP contribution is -2.59. The molecule has 1 aliphatic carbocycles. The van der Waals surface area contributed by atoms with Crippen LogP contribution in [0.15, 0.2) is 30.3 Å². The SMILES string of the molecule is CCC1CC2(CO2)C([C@@]2(C)O[C@@H]2CCC(C)C)C(OC)C1OC(=O)C=Cc1ccc(OC)cc1. The first-order valence-electron chi connectivity index (χ1n) is 12.6. The van der Waals surface area contributed by atoms with Crippen LogP contribution in [0.2, 0.25) is 0 Å². The van der Waals surface area contributed by atoms with Gasteiger partial charge in [0.2, 0.25) is 0 Å². The molecular formula is C28H40O6. The molecule has 1 spiro atoms. The molecule has 1 aromatic carbocycles. The van der Waals surface area contributed by atoms with Crippen molar-refractivity contribution in [2.75, 3.05) is 20.8 Å². The molecule has 2 saturated heterocycles. The fraction of sp³-hybridized carbons (Fsp3) is 0.679. The third-order valence-corrected chi connectivity index (χ3v) is 7.99. The second-order valence-electron chi connectivity index (χ2n) is 10.7. The van der Waals surface area contributed by atoms with Gasteiger partial charge in [-0.1, -0.05) is 32.9 Å². The van der Waals surface area contributed by atoms with Gasteiger partial charge >= 0.3 is 5.97 Å². The molecule has 5 unspecified atom stereocenters. The molecule has 3 fully saturated rings. The number of ether oxygens (including phenoxy) is 5. The highest BCUT2D eigenvalue weighted by atomic mass is 16.6. The van der Waals surface area contributed by atoms with Crippen molar-refractivity contribution in [1.29, 1.82) is 0 Å². The van der Waals surface area contributed by atoms with Gasteiger partial charge in [-0.2, -0.15) is 0 Å². The summed E-state index contributed by atoms with van der Waals surface area (Å²) in [5.74, 6) is 1.28. The molecule has 188 valence electrons. The van der Waals surface area contributed by atoms with E-state index in [9.17, 15) is 4.79 Å². The number of rotatable bonds is 10. The Morgan fingerprint density at radius 3 is 2.47 bits per heavy atom. The highest BCUT2D eigenvalue weighted by molar-refractivity contribution is 5.87. The Bertz CT molecular complexity index is 873. The van der Waals surface area contributed by atoms with Crippen molar-refractivity contribution >= 4 is 12.0 Å². The maximum Gasteiger partial charge on any atom is 0.331 e. The highest BCUT2D eigenvalue weighted by Gasteiger charge is 2.73. The first-order valence-corrected chi connectivity index (χ1v) is 12.6. The van der Waals surface area contributed by atoms with Gasteiger partial charge in [0.05, 0.1) is 25.7 Å². The maximum atomic E-state index is 12.9. The number of benzene rings is 1. The normalized spacial score (nSPS) is 36.7. The third kappa shape index (κ3) is 5.05. The van der Waals surface area contributed by atoms with Crippen LogP contribution >= 0.6 is 0 Å². The van der Waals surface area contributed by atoms with E-state index in [4.69, 9.17) is 23.7 Å². The zero-order valence-electron chi connectivity index (χ0n) is 21.4. The maximum absolute atomic E-state index is 12.9. The van der Waals surface area contributed by atoms with Crippen molar-refractivity contribution in [1.82, 2.24) is 0 Å². The summed E-state index contributed by atoms with van der Waals surface area (Å²) in [4.78, 5) is 12.9. The number of hydrogen-bond donors (Lipinski definition) is 0. The molecule has 2 heterocycles. The van der Waals surface area contributed by atoms with Crippen LogP contribution in [0.5, 0.6) is 5.75 Å². The Hall–Kier alpha value is -1.89. The predicted molar refractivity (Wildman–Crippen MR) is 131 cm³/mol. The van der Waals surface area contributed by atoms with Crippen LogP contribution in [0.4, 0.5) is 0 Å². The van der Waals surface area contributed by atoms with Crippen LogP contribution in [0, 0.1) is 17.8 Å². The second-order valence-corrected chi connectivity index (χ2v) is 10.7. The fourth-order valence-corrected chi connectivity index (χ4v) is 5.92. The molecular weight excluding hydrogens is 432 g/mol. The molecule has 0 aromatic heterocycles. The summed E-state index contributed by atoms with van der Waals surface area (Å²) >= 11 is 0. The zero-order chi connectivity index (χ0) is 24.5. The molecule has 0 amide bonds. The van der Waals surface area contributed by atoms with Gasteiger partial charge in [-0.25, -0.2) is 4.79 Å². The number of epoxide rings is 2. The number of methoxy groups -OCH3 is 2. The third-order valence-electron chi connectivity index (χ3n) is 7.99. The fourth-order valence-electron chi connectivity index (χ4n) is 5.92. The van der Waals surface area contributed by atoms with E-state index in [1.165, 1.54) is 6.08 Å². The summed E-state index contributed by atoms with van der Waals surface area (Å²) in [7, 11) is 3.35. The molecule has 0 N–H and O–H groups in total. The highest BCUT2D eigenvalue weighted by Crippen LogP contribution is 2.61. The summed E-state index contributed by atoms with van der Waals surface area (Å²) in [5, 5.41) is 0. The van der Waals surface area contributed by atoms with Crippen molar-refractivity contribution in [2.24, 2.45) is 17.8 Å². The van der Waals surface area contributed by atoms with Gasteiger partial charge in [-0.05, 0) is 62.3 Å². The number of esters is 1.